The molecule has 1 saturated carbocycles. The molecule has 4 rings (SSSR count). The fraction of sp³-hybridized carbons (Fsp3) is 0.450. The lowest BCUT2D eigenvalue weighted by atomic mass is 9.91. The van der Waals surface area contributed by atoms with Crippen LogP contribution in [0.4, 0.5) is 32.2 Å². The van der Waals surface area contributed by atoms with E-state index in [0.717, 1.165) is 19.4 Å². The number of hydrogen-bond acceptors (Lipinski definition) is 4. The van der Waals surface area contributed by atoms with Gasteiger partial charge in [0.2, 0.25) is 0 Å². The van der Waals surface area contributed by atoms with Crippen LogP contribution in [-0.4, -0.2) is 37.2 Å². The van der Waals surface area contributed by atoms with Crippen LogP contribution in [0, 0.1) is 0 Å². The van der Waals surface area contributed by atoms with E-state index in [4.69, 9.17) is 0 Å². The number of alkyl halides is 6. The molecule has 13 heteroatoms. The van der Waals surface area contributed by atoms with Crippen LogP contribution < -0.4 is 10.6 Å². The van der Waals surface area contributed by atoms with Gasteiger partial charge >= 0.3 is 12.4 Å². The fourth-order valence-electron chi connectivity index (χ4n) is 4.06. The summed E-state index contributed by atoms with van der Waals surface area (Å²) in [6.45, 7) is 0. The molecule has 0 unspecified atom stereocenters. The highest BCUT2D eigenvalue weighted by Crippen LogP contribution is 2.32. The molecule has 0 bridgehead atoms. The van der Waals surface area contributed by atoms with E-state index in [2.05, 4.69) is 20.7 Å². The van der Waals surface area contributed by atoms with E-state index in [0.29, 0.717) is 36.2 Å². The topological polar surface area (TPSA) is 76.2 Å². The molecule has 178 valence electrons. The molecule has 1 amide bonds. The predicted octanol–water partition coefficient (Wildman–Crippen LogP) is 4.26. The number of fused-ring (bicyclic) bond motifs is 1. The summed E-state index contributed by atoms with van der Waals surface area (Å²) in [4.78, 5) is 16.0. The summed E-state index contributed by atoms with van der Waals surface area (Å²) in [6.07, 6.45) is -5.30. The largest absolute Gasteiger partial charge is 0.434 e. The van der Waals surface area contributed by atoms with Gasteiger partial charge in [-0.2, -0.15) is 31.4 Å². The molecule has 0 spiro atoms. The van der Waals surface area contributed by atoms with Crippen LogP contribution in [0.3, 0.4) is 0 Å². The van der Waals surface area contributed by atoms with Crippen molar-refractivity contribution in [3.05, 3.63) is 47.5 Å². The van der Waals surface area contributed by atoms with Gasteiger partial charge in [0.05, 0.1) is 11.8 Å². The fourth-order valence-corrected chi connectivity index (χ4v) is 4.06. The van der Waals surface area contributed by atoms with Gasteiger partial charge in [0, 0.05) is 25.3 Å². The average Bonchev–Trinajstić information content (AvgIpc) is 3.33. The Balaban J connectivity index is 1.38. The van der Waals surface area contributed by atoms with E-state index >= 15 is 0 Å². The first kappa shape index (κ1) is 22.9. The quantitative estimate of drug-likeness (QED) is 0.555. The third-order valence-electron chi connectivity index (χ3n) is 5.65. The third-order valence-corrected chi connectivity index (χ3v) is 5.65. The Labute approximate surface area is 183 Å². The van der Waals surface area contributed by atoms with E-state index in [-0.39, 0.29) is 17.7 Å². The zero-order valence-corrected chi connectivity index (χ0v) is 17.3. The summed E-state index contributed by atoms with van der Waals surface area (Å²) in [5.74, 6) is -0.386. The lowest BCUT2D eigenvalue weighted by molar-refractivity contribution is -0.144. The molecule has 1 fully saturated rings. The van der Waals surface area contributed by atoms with Gasteiger partial charge in [-0.1, -0.05) is 6.07 Å². The summed E-state index contributed by atoms with van der Waals surface area (Å²) >= 11 is 0. The van der Waals surface area contributed by atoms with Crippen molar-refractivity contribution in [2.45, 2.75) is 50.1 Å². The minimum Gasteiger partial charge on any atom is -0.368 e. The molecule has 3 heterocycles. The van der Waals surface area contributed by atoms with E-state index in [1.54, 1.807) is 12.1 Å². The molecule has 0 aromatic carbocycles. The summed E-state index contributed by atoms with van der Waals surface area (Å²) in [5, 5.41) is 9.39. The van der Waals surface area contributed by atoms with Gasteiger partial charge in [0.15, 0.2) is 11.4 Å². The Bertz CT molecular complexity index is 1160. The van der Waals surface area contributed by atoms with Crippen molar-refractivity contribution in [2.75, 3.05) is 5.32 Å². The number of carbonyl (C=O) groups excluding carboxylic acids is 1. The van der Waals surface area contributed by atoms with Crippen molar-refractivity contribution >= 4 is 17.4 Å². The number of anilines is 1. The molecule has 2 N–H and O–H groups in total. The maximum absolute atomic E-state index is 13.2. The number of nitrogens with one attached hydrogen (secondary N) is 2. The van der Waals surface area contributed by atoms with Crippen molar-refractivity contribution in [3.63, 3.8) is 0 Å². The molecular weight excluding hydrogens is 454 g/mol. The van der Waals surface area contributed by atoms with Crippen molar-refractivity contribution in [2.24, 2.45) is 7.05 Å². The maximum atomic E-state index is 13.2. The second kappa shape index (κ2) is 8.27. The Morgan fingerprint density at radius 3 is 2.33 bits per heavy atom. The Kier molecular flexibility index (Phi) is 5.74. The maximum Gasteiger partial charge on any atom is 0.434 e. The molecule has 3 aromatic rings. The van der Waals surface area contributed by atoms with Crippen LogP contribution >= 0.6 is 0 Å². The van der Waals surface area contributed by atoms with Crippen molar-refractivity contribution in [1.82, 2.24) is 24.5 Å². The van der Waals surface area contributed by atoms with Gasteiger partial charge in [-0.25, -0.2) is 4.98 Å². The van der Waals surface area contributed by atoms with Gasteiger partial charge < -0.3 is 10.6 Å². The second-order valence-electron chi connectivity index (χ2n) is 7.96. The van der Waals surface area contributed by atoms with Gasteiger partial charge in [-0.15, -0.1) is 0 Å². The van der Waals surface area contributed by atoms with Crippen LogP contribution in [0.1, 0.15) is 47.4 Å². The normalized spacial score (nSPS) is 19.6. The van der Waals surface area contributed by atoms with Crippen molar-refractivity contribution < 1.29 is 31.1 Å². The summed E-state index contributed by atoms with van der Waals surface area (Å²) < 4.78 is 80.5. The van der Waals surface area contributed by atoms with Crippen molar-refractivity contribution in [1.29, 1.82) is 0 Å². The zero-order chi connectivity index (χ0) is 24.0. The number of nitrogens with zero attached hydrogens (tertiary/aromatic N) is 4. The molecule has 1 aliphatic rings. The van der Waals surface area contributed by atoms with Gasteiger partial charge in [0.25, 0.3) is 5.91 Å². The number of halogens is 6. The summed E-state index contributed by atoms with van der Waals surface area (Å²) in [5.41, 5.74) is -2.47. The van der Waals surface area contributed by atoms with Crippen LogP contribution in [0.15, 0.2) is 30.6 Å². The number of rotatable bonds is 4. The summed E-state index contributed by atoms with van der Waals surface area (Å²) in [6, 6.07) is 4.31. The van der Waals surface area contributed by atoms with Crippen LogP contribution in [0.5, 0.6) is 0 Å². The predicted molar refractivity (Wildman–Crippen MR) is 106 cm³/mol. The minimum atomic E-state index is -4.71. The molecule has 3 aromatic heterocycles. The van der Waals surface area contributed by atoms with Gasteiger partial charge in [-0.3, -0.25) is 13.9 Å². The Hall–Kier alpha value is -3.25. The molecular formula is C20H20F6N6O. The number of aryl methyl sites for hydroxylation is 1. The van der Waals surface area contributed by atoms with E-state index in [9.17, 15) is 31.1 Å². The monoisotopic (exact) mass is 474 g/mol. The second-order valence-corrected chi connectivity index (χ2v) is 7.96. The SMILES string of the molecule is Cn1ncc(C(=O)N[C@H]2CC[C@@H](Nc3cccc4nc(C(F)(F)F)cn34)CC2)c1C(F)(F)F. The molecule has 0 atom stereocenters. The molecule has 33 heavy (non-hydrogen) atoms. The lowest BCUT2D eigenvalue weighted by Gasteiger charge is -2.30. The Morgan fingerprint density at radius 2 is 1.70 bits per heavy atom. The molecule has 1 aliphatic carbocycles. The number of amides is 1. The first-order valence-corrected chi connectivity index (χ1v) is 10.2. The molecule has 0 saturated heterocycles. The van der Waals surface area contributed by atoms with E-state index < -0.39 is 35.2 Å². The minimum absolute atomic E-state index is 0.0791. The zero-order valence-electron chi connectivity index (χ0n) is 17.3. The van der Waals surface area contributed by atoms with Crippen molar-refractivity contribution in [3.8, 4) is 0 Å². The number of pyridine rings is 1. The van der Waals surface area contributed by atoms with E-state index in [1.165, 1.54) is 10.5 Å². The smallest absolute Gasteiger partial charge is 0.368 e. The third kappa shape index (κ3) is 4.76. The average molecular weight is 474 g/mol. The molecule has 7 nitrogen and oxygen atoms in total. The highest BCUT2D eigenvalue weighted by Gasteiger charge is 2.40. The molecule has 0 aliphatic heterocycles. The van der Waals surface area contributed by atoms with Crippen LogP contribution in [0.2, 0.25) is 0 Å². The lowest BCUT2D eigenvalue weighted by Crippen LogP contribution is -2.40. The number of aromatic nitrogens is 4. The number of carbonyl (C=O) groups is 1. The Morgan fingerprint density at radius 1 is 1.03 bits per heavy atom. The number of hydrogen-bond donors (Lipinski definition) is 2. The van der Waals surface area contributed by atoms with Crippen LogP contribution in [0.25, 0.3) is 5.65 Å². The van der Waals surface area contributed by atoms with Gasteiger partial charge in [-0.05, 0) is 37.8 Å². The molecule has 0 radical (unpaired) electrons. The van der Waals surface area contributed by atoms with Crippen LogP contribution in [-0.2, 0) is 19.4 Å². The number of imidazole rings is 1. The first-order chi connectivity index (χ1) is 15.4. The summed E-state index contributed by atoms with van der Waals surface area (Å²) in [7, 11) is 1.12. The highest BCUT2D eigenvalue weighted by molar-refractivity contribution is 5.95. The van der Waals surface area contributed by atoms with E-state index in [1.807, 2.05) is 0 Å². The first-order valence-electron chi connectivity index (χ1n) is 10.2. The standard InChI is InChI=1S/C20H20F6N6O/c1-31-17(20(24,25)26)13(9-27-31)18(33)29-12-7-5-11(6-8-12)28-15-3-2-4-16-30-14(10-32(15)16)19(21,22)23/h2-4,9-12,28H,5-8H2,1H3,(H,29,33)/t11-,12+. The van der Waals surface area contributed by atoms with Gasteiger partial charge in [0.1, 0.15) is 11.5 Å². The highest BCUT2D eigenvalue weighted by atomic mass is 19.4.